The number of para-hydroxylation sites is 3. The predicted octanol–water partition coefficient (Wildman–Crippen LogP) is 2.88. The second-order valence-electron chi connectivity index (χ2n) is 5.81. The molecule has 0 aliphatic rings. The highest BCUT2D eigenvalue weighted by atomic mass is 19.1. The highest BCUT2D eigenvalue weighted by Gasteiger charge is 2.20. The van der Waals surface area contributed by atoms with E-state index in [9.17, 15) is 14.0 Å². The van der Waals surface area contributed by atoms with Crippen LogP contribution in [-0.2, 0) is 4.79 Å². The molecule has 0 radical (unpaired) electrons. The van der Waals surface area contributed by atoms with Crippen molar-refractivity contribution in [2.24, 2.45) is 0 Å². The van der Waals surface area contributed by atoms with Crippen molar-refractivity contribution in [1.82, 2.24) is 9.88 Å². The highest BCUT2D eigenvalue weighted by molar-refractivity contribution is 5.82. The van der Waals surface area contributed by atoms with E-state index >= 15 is 0 Å². The number of halogens is 1. The number of fused-ring (bicyclic) bond motifs is 1. The number of carbonyl (C=O) groups is 1. The van der Waals surface area contributed by atoms with Crippen LogP contribution in [0.3, 0.4) is 0 Å². The Morgan fingerprint density at radius 2 is 1.96 bits per heavy atom. The van der Waals surface area contributed by atoms with Gasteiger partial charge in [0.05, 0.1) is 12.1 Å². The lowest BCUT2D eigenvalue weighted by molar-refractivity contribution is -0.123. The van der Waals surface area contributed by atoms with Gasteiger partial charge >= 0.3 is 5.76 Å². The number of hydrogen-bond donors (Lipinski definition) is 1. The van der Waals surface area contributed by atoms with E-state index in [1.54, 1.807) is 49.4 Å². The Balaban J connectivity index is 1.52. The van der Waals surface area contributed by atoms with Gasteiger partial charge in [0.15, 0.2) is 17.1 Å². The molecule has 0 saturated heterocycles. The topological polar surface area (TPSA) is 73.5 Å². The van der Waals surface area contributed by atoms with Crippen LogP contribution in [0.15, 0.2) is 57.7 Å². The van der Waals surface area contributed by atoms with Crippen LogP contribution in [0, 0.1) is 5.82 Å². The molecule has 1 heterocycles. The van der Waals surface area contributed by atoms with E-state index in [0.717, 1.165) is 0 Å². The molecule has 0 bridgehead atoms. The summed E-state index contributed by atoms with van der Waals surface area (Å²) in [6.07, 6.45) is 0.508. The lowest BCUT2D eigenvalue weighted by atomic mass is 10.2. The van der Waals surface area contributed by atoms with Gasteiger partial charge in [0.25, 0.3) is 0 Å². The monoisotopic (exact) mass is 358 g/mol. The van der Waals surface area contributed by atoms with E-state index in [1.807, 2.05) is 0 Å². The molecule has 26 heavy (non-hydrogen) atoms. The van der Waals surface area contributed by atoms with Crippen LogP contribution in [0.25, 0.3) is 11.1 Å². The van der Waals surface area contributed by atoms with Crippen LogP contribution in [0.2, 0.25) is 0 Å². The highest BCUT2D eigenvalue weighted by Crippen LogP contribution is 2.17. The Labute approximate surface area is 149 Å². The Hall–Kier alpha value is -3.09. The SMILES string of the molecule is CC(C(=O)NCCCOc1ccccc1F)n1c(=O)oc2ccccc21. The maximum atomic E-state index is 13.4. The Kier molecular flexibility index (Phi) is 5.36. The number of oxazole rings is 1. The molecule has 0 spiro atoms. The minimum absolute atomic E-state index is 0.184. The van der Waals surface area contributed by atoms with Gasteiger partial charge in [-0.25, -0.2) is 9.18 Å². The summed E-state index contributed by atoms with van der Waals surface area (Å²) in [5, 5.41) is 2.75. The third-order valence-electron chi connectivity index (χ3n) is 4.00. The molecule has 0 aliphatic carbocycles. The van der Waals surface area contributed by atoms with Gasteiger partial charge in [0.1, 0.15) is 6.04 Å². The van der Waals surface area contributed by atoms with Gasteiger partial charge in [-0.2, -0.15) is 0 Å². The number of ether oxygens (including phenoxy) is 1. The number of nitrogens with zero attached hydrogens (tertiary/aromatic N) is 1. The fourth-order valence-electron chi connectivity index (χ4n) is 2.64. The molecule has 1 amide bonds. The number of amides is 1. The van der Waals surface area contributed by atoms with Gasteiger partial charge in [0.2, 0.25) is 5.91 Å². The lowest BCUT2D eigenvalue weighted by Crippen LogP contribution is -2.35. The zero-order valence-corrected chi connectivity index (χ0v) is 14.3. The van der Waals surface area contributed by atoms with Crippen LogP contribution in [0.4, 0.5) is 4.39 Å². The number of benzene rings is 2. The average Bonchev–Trinajstić information content (AvgIpc) is 2.97. The second kappa shape index (κ2) is 7.86. The molecule has 3 aromatic rings. The van der Waals surface area contributed by atoms with Crippen molar-refractivity contribution < 1.29 is 18.3 Å². The summed E-state index contributed by atoms with van der Waals surface area (Å²) < 4.78 is 25.2. The summed E-state index contributed by atoms with van der Waals surface area (Å²) in [4.78, 5) is 24.3. The van der Waals surface area contributed by atoms with Gasteiger partial charge < -0.3 is 14.5 Å². The molecule has 1 N–H and O–H groups in total. The van der Waals surface area contributed by atoms with E-state index in [4.69, 9.17) is 9.15 Å². The Bertz CT molecular complexity index is 963. The third-order valence-corrected chi connectivity index (χ3v) is 4.00. The van der Waals surface area contributed by atoms with E-state index in [-0.39, 0.29) is 18.3 Å². The number of rotatable bonds is 7. The second-order valence-corrected chi connectivity index (χ2v) is 5.81. The van der Waals surface area contributed by atoms with Gasteiger partial charge in [-0.3, -0.25) is 9.36 Å². The fourth-order valence-corrected chi connectivity index (χ4v) is 2.64. The zero-order valence-electron chi connectivity index (χ0n) is 14.3. The number of aromatic nitrogens is 1. The molecule has 0 fully saturated rings. The quantitative estimate of drug-likeness (QED) is 0.659. The van der Waals surface area contributed by atoms with Crippen molar-refractivity contribution in [2.45, 2.75) is 19.4 Å². The van der Waals surface area contributed by atoms with Crippen molar-refractivity contribution in [1.29, 1.82) is 0 Å². The van der Waals surface area contributed by atoms with Crippen LogP contribution < -0.4 is 15.8 Å². The average molecular weight is 358 g/mol. The van der Waals surface area contributed by atoms with Gasteiger partial charge in [-0.15, -0.1) is 0 Å². The molecule has 3 rings (SSSR count). The Morgan fingerprint density at radius 3 is 2.77 bits per heavy atom. The van der Waals surface area contributed by atoms with E-state index in [0.29, 0.717) is 24.1 Å². The molecule has 2 aromatic carbocycles. The summed E-state index contributed by atoms with van der Waals surface area (Å²) in [6, 6.07) is 12.4. The first-order valence-corrected chi connectivity index (χ1v) is 8.33. The minimum Gasteiger partial charge on any atom is -0.490 e. The van der Waals surface area contributed by atoms with Crippen LogP contribution >= 0.6 is 0 Å². The molecule has 1 aromatic heterocycles. The standard InChI is InChI=1S/C19H19FN2O4/c1-13(22-15-8-3-5-10-17(15)26-19(22)24)18(23)21-11-6-12-25-16-9-4-2-7-14(16)20/h2-5,7-10,13H,6,11-12H2,1H3,(H,21,23). The fraction of sp³-hybridized carbons (Fsp3) is 0.263. The first kappa shape index (κ1) is 17.7. The molecule has 0 aliphatic heterocycles. The van der Waals surface area contributed by atoms with Crippen molar-refractivity contribution in [2.75, 3.05) is 13.2 Å². The summed E-state index contributed by atoms with van der Waals surface area (Å²) in [5.74, 6) is -1.11. The van der Waals surface area contributed by atoms with Crippen LogP contribution in [0.5, 0.6) is 5.75 Å². The molecule has 7 heteroatoms. The zero-order chi connectivity index (χ0) is 18.5. The number of carbonyl (C=O) groups excluding carboxylic acids is 1. The van der Waals surface area contributed by atoms with Crippen molar-refractivity contribution in [3.63, 3.8) is 0 Å². The molecule has 1 atom stereocenters. The molecule has 0 saturated carbocycles. The molecular weight excluding hydrogens is 339 g/mol. The summed E-state index contributed by atoms with van der Waals surface area (Å²) >= 11 is 0. The third kappa shape index (κ3) is 3.77. The molecular formula is C19H19FN2O4. The maximum Gasteiger partial charge on any atom is 0.420 e. The summed E-state index contributed by atoms with van der Waals surface area (Å²) in [6.45, 7) is 2.25. The number of nitrogens with one attached hydrogen (secondary N) is 1. The Morgan fingerprint density at radius 1 is 1.23 bits per heavy atom. The molecule has 136 valence electrons. The van der Waals surface area contributed by atoms with Crippen LogP contribution in [0.1, 0.15) is 19.4 Å². The van der Waals surface area contributed by atoms with E-state index < -0.39 is 17.6 Å². The van der Waals surface area contributed by atoms with Crippen molar-refractivity contribution in [3.8, 4) is 5.75 Å². The minimum atomic E-state index is -0.710. The van der Waals surface area contributed by atoms with Gasteiger partial charge in [-0.1, -0.05) is 24.3 Å². The number of hydrogen-bond acceptors (Lipinski definition) is 4. The first-order valence-electron chi connectivity index (χ1n) is 8.33. The van der Waals surface area contributed by atoms with Crippen molar-refractivity contribution >= 4 is 17.0 Å². The smallest absolute Gasteiger partial charge is 0.420 e. The summed E-state index contributed by atoms with van der Waals surface area (Å²) in [7, 11) is 0. The maximum absolute atomic E-state index is 13.4. The molecule has 1 unspecified atom stereocenters. The first-order chi connectivity index (χ1) is 12.6. The molecule has 6 nitrogen and oxygen atoms in total. The van der Waals surface area contributed by atoms with E-state index in [1.165, 1.54) is 10.6 Å². The van der Waals surface area contributed by atoms with Gasteiger partial charge in [-0.05, 0) is 37.6 Å². The van der Waals surface area contributed by atoms with E-state index in [2.05, 4.69) is 5.32 Å². The van der Waals surface area contributed by atoms with Crippen molar-refractivity contribution in [3.05, 3.63) is 64.9 Å². The van der Waals surface area contributed by atoms with Gasteiger partial charge in [0, 0.05) is 6.54 Å². The predicted molar refractivity (Wildman–Crippen MR) is 94.7 cm³/mol. The summed E-state index contributed by atoms with van der Waals surface area (Å²) in [5.41, 5.74) is 1.01. The lowest BCUT2D eigenvalue weighted by Gasteiger charge is -2.13. The normalized spacial score (nSPS) is 12.1. The largest absolute Gasteiger partial charge is 0.490 e. The van der Waals surface area contributed by atoms with Crippen LogP contribution in [-0.4, -0.2) is 23.6 Å².